The molecule has 4 amide bonds. The molecule has 0 radical (unpaired) electrons. The average molecular weight is 675 g/mol. The molecule has 0 spiro atoms. The number of unbranched alkanes of at least 4 members (excludes halogenated alkanes) is 2. The molecule has 11 nitrogen and oxygen atoms in total. The number of alkyl halides is 3. The van der Waals surface area contributed by atoms with Gasteiger partial charge in [0, 0.05) is 18.5 Å². The van der Waals surface area contributed by atoms with Crippen LogP contribution in [0.4, 0.5) is 18.9 Å². The number of carbonyl (C=O) groups is 4. The zero-order valence-electron chi connectivity index (χ0n) is 27.5. The number of carbonyl (C=O) groups excluding carboxylic acids is 4. The van der Waals surface area contributed by atoms with E-state index in [9.17, 15) is 32.3 Å². The highest BCUT2D eigenvalue weighted by Crippen LogP contribution is 2.36. The first-order valence-electron chi connectivity index (χ1n) is 16.0. The number of anilines is 1. The molecule has 4 N–H and O–H groups in total. The smallest absolute Gasteiger partial charge is 0.399 e. The van der Waals surface area contributed by atoms with Gasteiger partial charge in [0.2, 0.25) is 23.6 Å². The van der Waals surface area contributed by atoms with E-state index in [0.717, 1.165) is 23.2 Å². The highest BCUT2D eigenvalue weighted by Gasteiger charge is 2.51. The van der Waals surface area contributed by atoms with Gasteiger partial charge < -0.3 is 25.3 Å². The molecular weight excluding hydrogens is 632 g/mol. The van der Waals surface area contributed by atoms with Crippen molar-refractivity contribution >= 4 is 41.9 Å². The van der Waals surface area contributed by atoms with Crippen LogP contribution in [0, 0.1) is 0 Å². The number of benzene rings is 2. The molecule has 2 fully saturated rings. The van der Waals surface area contributed by atoms with Crippen LogP contribution in [-0.4, -0.2) is 54.0 Å². The van der Waals surface area contributed by atoms with Gasteiger partial charge in [-0.05, 0) is 76.2 Å². The molecule has 2 aromatic rings. The van der Waals surface area contributed by atoms with Crippen LogP contribution in [0.25, 0.3) is 0 Å². The third-order valence-corrected chi connectivity index (χ3v) is 8.73. The minimum absolute atomic E-state index is 0.0687. The third kappa shape index (κ3) is 10.0. The summed E-state index contributed by atoms with van der Waals surface area (Å²) in [6, 6.07) is 9.84. The Hall–Kier alpha value is -3.95. The largest absolute Gasteiger partial charge is 0.494 e. The van der Waals surface area contributed by atoms with Crippen molar-refractivity contribution in [1.82, 2.24) is 16.1 Å². The van der Waals surface area contributed by atoms with Gasteiger partial charge in [-0.3, -0.25) is 24.0 Å². The lowest BCUT2D eigenvalue weighted by Crippen LogP contribution is -2.50. The van der Waals surface area contributed by atoms with Crippen LogP contribution >= 0.6 is 0 Å². The number of nitrogens with one attached hydrogen (secondary N) is 4. The number of hydrogen-bond acceptors (Lipinski definition) is 7. The van der Waals surface area contributed by atoms with Gasteiger partial charge in [0.1, 0.15) is 12.1 Å². The molecule has 0 saturated carbocycles. The number of hydrogen-bond donors (Lipinski definition) is 4. The summed E-state index contributed by atoms with van der Waals surface area (Å²) in [5.74, 6) is -1.85. The molecule has 2 aromatic carbocycles. The standard InChI is InChI=1S/C33H42BF3N4O7/c1-31(2)32(3,4)48-34(47-31)23-15-13-21(14-16-23)20-46-41-28(43)12-7-5-6-11-25(40-30(45)26-17-18-27(42)39-26)29(44)38-24-10-8-9-22(19-24)33(35,36)37/h8-10,13-16,19,25-26H,5-7,11-12,17-18,20H2,1-4H3,(H,38,44)(H,39,42)(H,40,45)(H,41,43). The fourth-order valence-corrected chi connectivity index (χ4v) is 5.17. The number of hydroxylamine groups is 1. The predicted molar refractivity (Wildman–Crippen MR) is 171 cm³/mol. The minimum atomic E-state index is -4.59. The Morgan fingerprint density at radius 1 is 1.02 bits per heavy atom. The van der Waals surface area contributed by atoms with E-state index in [1.165, 1.54) is 12.1 Å². The first-order valence-corrected chi connectivity index (χ1v) is 16.0. The van der Waals surface area contributed by atoms with Crippen LogP contribution < -0.4 is 26.9 Å². The van der Waals surface area contributed by atoms with Crippen molar-refractivity contribution in [1.29, 1.82) is 0 Å². The molecule has 15 heteroatoms. The maximum atomic E-state index is 13.1. The fraction of sp³-hybridized carbons (Fsp3) is 0.515. The minimum Gasteiger partial charge on any atom is -0.399 e. The van der Waals surface area contributed by atoms with E-state index in [1.807, 2.05) is 52.0 Å². The molecule has 0 aliphatic carbocycles. The molecule has 0 bridgehead atoms. The van der Waals surface area contributed by atoms with Crippen LogP contribution in [0.5, 0.6) is 0 Å². The first-order chi connectivity index (χ1) is 22.5. The molecule has 2 aliphatic heterocycles. The lowest BCUT2D eigenvalue weighted by Gasteiger charge is -2.32. The lowest BCUT2D eigenvalue weighted by molar-refractivity contribution is -0.137. The quantitative estimate of drug-likeness (QED) is 0.135. The van der Waals surface area contributed by atoms with Crippen molar-refractivity contribution in [3.05, 3.63) is 59.7 Å². The van der Waals surface area contributed by atoms with Gasteiger partial charge in [0.25, 0.3) is 0 Å². The summed E-state index contributed by atoms with van der Waals surface area (Å²) in [6.45, 7) is 8.10. The normalized spacial score (nSPS) is 19.0. The maximum absolute atomic E-state index is 13.1. The fourth-order valence-electron chi connectivity index (χ4n) is 5.17. The van der Waals surface area contributed by atoms with Crippen LogP contribution in [0.3, 0.4) is 0 Å². The molecule has 2 saturated heterocycles. The first kappa shape index (κ1) is 36.9. The highest BCUT2D eigenvalue weighted by molar-refractivity contribution is 6.62. The molecule has 2 aliphatic rings. The molecule has 48 heavy (non-hydrogen) atoms. The predicted octanol–water partition coefficient (Wildman–Crippen LogP) is 3.91. The number of rotatable bonds is 14. The molecule has 0 aromatic heterocycles. The SMILES string of the molecule is CC1(C)OB(c2ccc(CONC(=O)CCCCCC(NC(=O)C3CCC(=O)N3)C(=O)Nc3cccc(C(F)(F)F)c3)cc2)OC1(C)C. The van der Waals surface area contributed by atoms with Gasteiger partial charge >= 0.3 is 13.3 Å². The molecule has 2 atom stereocenters. The van der Waals surface area contributed by atoms with Crippen LogP contribution in [-0.2, 0) is 46.1 Å². The van der Waals surface area contributed by atoms with E-state index in [0.29, 0.717) is 19.3 Å². The summed E-state index contributed by atoms with van der Waals surface area (Å²) >= 11 is 0. The maximum Gasteiger partial charge on any atom is 0.494 e. The van der Waals surface area contributed by atoms with Crippen molar-refractivity contribution in [3.8, 4) is 0 Å². The van der Waals surface area contributed by atoms with Crippen molar-refractivity contribution in [2.24, 2.45) is 0 Å². The molecule has 4 rings (SSSR count). The monoisotopic (exact) mass is 674 g/mol. The summed E-state index contributed by atoms with van der Waals surface area (Å²) in [6.07, 6.45) is -2.39. The zero-order valence-corrected chi connectivity index (χ0v) is 27.5. The molecular formula is C33H42BF3N4O7. The molecule has 260 valence electrons. The third-order valence-electron chi connectivity index (χ3n) is 8.73. The second-order valence-corrected chi connectivity index (χ2v) is 13.0. The Morgan fingerprint density at radius 2 is 1.71 bits per heavy atom. The van der Waals surface area contributed by atoms with E-state index in [1.54, 1.807) is 0 Å². The Bertz CT molecular complexity index is 1450. The molecule has 2 unspecified atom stereocenters. The summed E-state index contributed by atoms with van der Waals surface area (Å²) in [5.41, 5.74) is 2.25. The lowest BCUT2D eigenvalue weighted by atomic mass is 9.79. The number of amides is 4. The summed E-state index contributed by atoms with van der Waals surface area (Å²) < 4.78 is 51.5. The van der Waals surface area contributed by atoms with Crippen molar-refractivity contribution in [2.75, 3.05) is 5.32 Å². The number of halogens is 3. The van der Waals surface area contributed by atoms with Gasteiger partial charge in [0.05, 0.1) is 23.4 Å². The van der Waals surface area contributed by atoms with Gasteiger partial charge in [-0.25, -0.2) is 5.48 Å². The Morgan fingerprint density at radius 3 is 2.33 bits per heavy atom. The van der Waals surface area contributed by atoms with Gasteiger partial charge in [-0.2, -0.15) is 13.2 Å². The van der Waals surface area contributed by atoms with E-state index >= 15 is 0 Å². The summed E-state index contributed by atoms with van der Waals surface area (Å²) in [5, 5.41) is 7.59. The van der Waals surface area contributed by atoms with Crippen LogP contribution in [0.1, 0.15) is 83.8 Å². The topological polar surface area (TPSA) is 144 Å². The van der Waals surface area contributed by atoms with Gasteiger partial charge in [-0.15, -0.1) is 0 Å². The van der Waals surface area contributed by atoms with E-state index in [-0.39, 0.29) is 49.8 Å². The van der Waals surface area contributed by atoms with Crippen molar-refractivity contribution < 1.29 is 46.5 Å². The van der Waals surface area contributed by atoms with Crippen molar-refractivity contribution in [3.63, 3.8) is 0 Å². The van der Waals surface area contributed by atoms with Crippen LogP contribution in [0.15, 0.2) is 48.5 Å². The van der Waals surface area contributed by atoms with E-state index in [2.05, 4.69) is 21.4 Å². The summed E-state index contributed by atoms with van der Waals surface area (Å²) in [7, 11) is -0.476. The highest BCUT2D eigenvalue weighted by atomic mass is 19.4. The average Bonchev–Trinajstić information content (AvgIpc) is 3.54. The second-order valence-electron chi connectivity index (χ2n) is 13.0. The zero-order chi connectivity index (χ0) is 35.1. The Kier molecular flexibility index (Phi) is 11.9. The van der Waals surface area contributed by atoms with E-state index in [4.69, 9.17) is 14.1 Å². The van der Waals surface area contributed by atoms with Gasteiger partial charge in [-0.1, -0.05) is 43.2 Å². The second kappa shape index (κ2) is 15.5. The van der Waals surface area contributed by atoms with Gasteiger partial charge in [0.15, 0.2) is 0 Å². The van der Waals surface area contributed by atoms with Crippen LogP contribution in [0.2, 0.25) is 0 Å². The van der Waals surface area contributed by atoms with Crippen molar-refractivity contribution in [2.45, 2.75) is 109 Å². The Labute approximate surface area is 278 Å². The Balaban J connectivity index is 1.20. The summed E-state index contributed by atoms with van der Waals surface area (Å²) in [4.78, 5) is 55.0. The van der Waals surface area contributed by atoms with E-state index < -0.39 is 54.0 Å². The molecule has 2 heterocycles.